The second-order valence-electron chi connectivity index (χ2n) is 7.86. The van der Waals surface area contributed by atoms with Crippen molar-refractivity contribution < 1.29 is 19.0 Å². The molecule has 0 radical (unpaired) electrons. The molecular weight excluding hydrogens is 354 g/mol. The number of rotatable bonds is 6. The number of carbonyl (C=O) groups is 1. The van der Waals surface area contributed by atoms with E-state index in [1.807, 2.05) is 70.2 Å². The van der Waals surface area contributed by atoms with Gasteiger partial charge in [-0.1, -0.05) is 24.6 Å². The van der Waals surface area contributed by atoms with Crippen molar-refractivity contribution in [2.24, 2.45) is 0 Å². The summed E-state index contributed by atoms with van der Waals surface area (Å²) in [6.07, 6.45) is 0.719. The summed E-state index contributed by atoms with van der Waals surface area (Å²) < 4.78 is 17.3. The molecule has 0 aliphatic carbocycles. The Morgan fingerprint density at radius 1 is 1.21 bits per heavy atom. The average molecular weight is 383 g/mol. The van der Waals surface area contributed by atoms with E-state index in [0.29, 0.717) is 18.6 Å². The first kappa shape index (κ1) is 20.1. The number of hydrogen-bond donors (Lipinski definition) is 1. The summed E-state index contributed by atoms with van der Waals surface area (Å²) in [6.45, 7) is 8.02. The van der Waals surface area contributed by atoms with Crippen LogP contribution in [0.25, 0.3) is 0 Å². The van der Waals surface area contributed by atoms with E-state index in [1.165, 1.54) is 0 Å². The van der Waals surface area contributed by atoms with Crippen molar-refractivity contribution in [2.75, 3.05) is 7.11 Å². The van der Waals surface area contributed by atoms with E-state index >= 15 is 0 Å². The molecule has 0 fully saturated rings. The summed E-state index contributed by atoms with van der Waals surface area (Å²) in [4.78, 5) is 13.0. The first-order valence-corrected chi connectivity index (χ1v) is 9.72. The molecule has 1 aliphatic rings. The van der Waals surface area contributed by atoms with Crippen LogP contribution in [-0.2, 0) is 4.79 Å². The largest absolute Gasteiger partial charge is 0.497 e. The maximum atomic E-state index is 13.0. The van der Waals surface area contributed by atoms with Gasteiger partial charge in [0.05, 0.1) is 13.2 Å². The maximum Gasteiger partial charge on any atom is 0.261 e. The number of methoxy groups -OCH3 is 1. The van der Waals surface area contributed by atoms with Gasteiger partial charge in [-0.15, -0.1) is 0 Å². The van der Waals surface area contributed by atoms with Crippen molar-refractivity contribution in [3.63, 3.8) is 0 Å². The van der Waals surface area contributed by atoms with Crippen molar-refractivity contribution in [1.82, 2.24) is 5.32 Å². The van der Waals surface area contributed by atoms with Gasteiger partial charge in [0, 0.05) is 18.1 Å². The van der Waals surface area contributed by atoms with Crippen LogP contribution < -0.4 is 19.5 Å². The van der Waals surface area contributed by atoms with E-state index in [1.54, 1.807) is 7.11 Å². The molecule has 2 aromatic rings. The molecular formula is C23H29NO4. The molecule has 0 saturated carbocycles. The number of fused-ring (bicyclic) bond motifs is 1. The van der Waals surface area contributed by atoms with E-state index in [4.69, 9.17) is 14.2 Å². The number of benzene rings is 2. The lowest BCUT2D eigenvalue weighted by molar-refractivity contribution is -0.129. The number of ether oxygens (including phenoxy) is 3. The molecule has 5 heteroatoms. The third-order valence-corrected chi connectivity index (χ3v) is 4.96. The Labute approximate surface area is 167 Å². The van der Waals surface area contributed by atoms with Crippen molar-refractivity contribution in [1.29, 1.82) is 0 Å². The SMILES string of the molecule is CC[C@@H](Oc1ccc(C)cc1)C(=O)N[C@@H]1CC(C)(C)Oc2cc(OC)ccc21. The van der Waals surface area contributed by atoms with Gasteiger partial charge in [-0.05, 0) is 51.5 Å². The van der Waals surface area contributed by atoms with Gasteiger partial charge < -0.3 is 19.5 Å². The highest BCUT2D eigenvalue weighted by Gasteiger charge is 2.36. The van der Waals surface area contributed by atoms with Crippen molar-refractivity contribution >= 4 is 5.91 Å². The standard InChI is InChI=1S/C23H29NO4/c1-6-20(27-16-9-7-15(2)8-10-16)22(25)24-19-14-23(3,4)28-21-13-17(26-5)11-12-18(19)21/h7-13,19-20H,6,14H2,1-5H3,(H,24,25)/t19-,20-/m1/s1. The van der Waals surface area contributed by atoms with Gasteiger partial charge in [-0.25, -0.2) is 0 Å². The minimum atomic E-state index is -0.546. The number of nitrogens with one attached hydrogen (secondary N) is 1. The van der Waals surface area contributed by atoms with Gasteiger partial charge in [0.25, 0.3) is 5.91 Å². The van der Waals surface area contributed by atoms with E-state index in [2.05, 4.69) is 5.32 Å². The molecule has 2 aromatic carbocycles. The van der Waals surface area contributed by atoms with Gasteiger partial charge in [0.15, 0.2) is 6.10 Å². The molecule has 1 aliphatic heterocycles. The first-order chi connectivity index (χ1) is 13.3. The van der Waals surface area contributed by atoms with Gasteiger partial charge >= 0.3 is 0 Å². The highest BCUT2D eigenvalue weighted by atomic mass is 16.5. The summed E-state index contributed by atoms with van der Waals surface area (Å²) in [7, 11) is 1.63. The summed E-state index contributed by atoms with van der Waals surface area (Å²) in [5.41, 5.74) is 1.72. The second-order valence-corrected chi connectivity index (χ2v) is 7.86. The lowest BCUT2D eigenvalue weighted by Gasteiger charge is -2.38. The van der Waals surface area contributed by atoms with Gasteiger partial charge in [0.2, 0.25) is 0 Å². The van der Waals surface area contributed by atoms with Gasteiger partial charge in [-0.2, -0.15) is 0 Å². The molecule has 28 heavy (non-hydrogen) atoms. The van der Waals surface area contributed by atoms with Crippen LogP contribution in [-0.4, -0.2) is 24.7 Å². The summed E-state index contributed by atoms with van der Waals surface area (Å²) >= 11 is 0. The maximum absolute atomic E-state index is 13.0. The van der Waals surface area contributed by atoms with E-state index in [9.17, 15) is 4.79 Å². The fraction of sp³-hybridized carbons (Fsp3) is 0.435. The molecule has 1 N–H and O–H groups in total. The van der Waals surface area contributed by atoms with Crippen LogP contribution in [0.2, 0.25) is 0 Å². The Morgan fingerprint density at radius 3 is 2.54 bits per heavy atom. The summed E-state index contributed by atoms with van der Waals surface area (Å²) in [5.74, 6) is 2.06. The zero-order chi connectivity index (χ0) is 20.3. The molecule has 150 valence electrons. The molecule has 2 atom stereocenters. The lowest BCUT2D eigenvalue weighted by atomic mass is 9.89. The van der Waals surface area contributed by atoms with Gasteiger partial charge in [0.1, 0.15) is 22.8 Å². The van der Waals surface area contributed by atoms with Crippen molar-refractivity contribution in [3.8, 4) is 17.2 Å². The fourth-order valence-electron chi connectivity index (χ4n) is 3.46. The monoisotopic (exact) mass is 383 g/mol. The van der Waals surface area contributed by atoms with Crippen molar-refractivity contribution in [3.05, 3.63) is 53.6 Å². The third kappa shape index (κ3) is 4.58. The Bertz CT molecular complexity index is 829. The first-order valence-electron chi connectivity index (χ1n) is 9.72. The third-order valence-electron chi connectivity index (χ3n) is 4.96. The lowest BCUT2D eigenvalue weighted by Crippen LogP contribution is -2.45. The normalized spacial score (nSPS) is 18.4. The predicted octanol–water partition coefficient (Wildman–Crippen LogP) is 4.58. The number of amides is 1. The minimum absolute atomic E-state index is 0.118. The van der Waals surface area contributed by atoms with E-state index in [-0.39, 0.29) is 11.9 Å². The fourth-order valence-corrected chi connectivity index (χ4v) is 3.46. The van der Waals surface area contributed by atoms with Crippen LogP contribution in [0, 0.1) is 6.92 Å². The summed E-state index contributed by atoms with van der Waals surface area (Å²) in [6, 6.07) is 13.3. The molecule has 0 bridgehead atoms. The van der Waals surface area contributed by atoms with Crippen LogP contribution in [0.15, 0.2) is 42.5 Å². The van der Waals surface area contributed by atoms with Crippen LogP contribution >= 0.6 is 0 Å². The topological polar surface area (TPSA) is 56.8 Å². The molecule has 0 saturated heterocycles. The Balaban J connectivity index is 1.77. The molecule has 0 aromatic heterocycles. The Morgan fingerprint density at radius 2 is 1.89 bits per heavy atom. The van der Waals surface area contributed by atoms with Gasteiger partial charge in [-0.3, -0.25) is 4.79 Å². The number of aryl methyl sites for hydroxylation is 1. The summed E-state index contributed by atoms with van der Waals surface area (Å²) in [5, 5.41) is 3.17. The zero-order valence-electron chi connectivity index (χ0n) is 17.2. The van der Waals surface area contributed by atoms with E-state index in [0.717, 1.165) is 22.6 Å². The molecule has 3 rings (SSSR count). The number of carbonyl (C=O) groups excluding carboxylic acids is 1. The van der Waals surface area contributed by atoms with Crippen LogP contribution in [0.5, 0.6) is 17.2 Å². The zero-order valence-corrected chi connectivity index (χ0v) is 17.2. The van der Waals surface area contributed by atoms with Crippen molar-refractivity contribution in [2.45, 2.75) is 58.3 Å². The molecule has 0 unspecified atom stereocenters. The second kappa shape index (κ2) is 8.13. The van der Waals surface area contributed by atoms with Crippen LogP contribution in [0.4, 0.5) is 0 Å². The average Bonchev–Trinajstić information content (AvgIpc) is 2.66. The van der Waals surface area contributed by atoms with Crippen LogP contribution in [0.1, 0.15) is 50.8 Å². The Hall–Kier alpha value is -2.69. The molecule has 5 nitrogen and oxygen atoms in total. The Kier molecular flexibility index (Phi) is 5.82. The predicted molar refractivity (Wildman–Crippen MR) is 109 cm³/mol. The number of hydrogen-bond acceptors (Lipinski definition) is 4. The van der Waals surface area contributed by atoms with Crippen LogP contribution in [0.3, 0.4) is 0 Å². The minimum Gasteiger partial charge on any atom is -0.497 e. The smallest absolute Gasteiger partial charge is 0.261 e. The highest BCUT2D eigenvalue weighted by molar-refractivity contribution is 5.81. The quantitative estimate of drug-likeness (QED) is 0.793. The molecule has 1 heterocycles. The molecule has 0 spiro atoms. The highest BCUT2D eigenvalue weighted by Crippen LogP contribution is 2.41. The van der Waals surface area contributed by atoms with E-state index < -0.39 is 11.7 Å². The molecule has 1 amide bonds.